The molecule has 0 aromatic rings. The number of carbonyl (C=O) groups excluding carboxylic acids is 5. The largest absolute Gasteiger partial charge is 0.477 e. The molecule has 0 saturated carbocycles. The van der Waals surface area contributed by atoms with Gasteiger partial charge in [0.1, 0.15) is 183 Å². The van der Waals surface area contributed by atoms with Crippen molar-refractivity contribution in [3.05, 3.63) is 0 Å². The molecule has 0 spiro atoms. The number of carboxylic acid groups (broad SMARTS) is 2. The molecule has 0 radical (unpaired) electrons. The van der Waals surface area contributed by atoms with Gasteiger partial charge in [-0.3, -0.25) is 24.0 Å². The fourth-order valence-electron chi connectivity index (χ4n) is 14.8. The zero-order valence-corrected chi connectivity index (χ0v) is 62.3. The fraction of sp³-hybridized carbons (Fsp3) is 0.891. The quantitative estimate of drug-likeness (QED) is 0.0290. The van der Waals surface area contributed by atoms with Crippen molar-refractivity contribution in [3.63, 3.8) is 0 Å². The molecular formula is C64H105N5O47. The molecule has 116 heavy (non-hydrogen) atoms. The maximum Gasteiger partial charge on any atom is 0.364 e. The topological polar surface area (TPSA) is 824 Å². The number of carboxylic acids is 2. The second-order valence-electron chi connectivity index (χ2n) is 28.9. The van der Waals surface area contributed by atoms with E-state index in [-0.39, 0.29) is 0 Å². The van der Waals surface area contributed by atoms with Crippen LogP contribution in [0, 0.1) is 0 Å². The monoisotopic (exact) mass is 1700 g/mol. The summed E-state index contributed by atoms with van der Waals surface area (Å²) in [5.41, 5.74) is 0. The maximum atomic E-state index is 13.2. The second kappa shape index (κ2) is 41.1. The first-order valence-corrected chi connectivity index (χ1v) is 36.4. The van der Waals surface area contributed by atoms with Gasteiger partial charge in [0.05, 0.1) is 77.1 Å². The van der Waals surface area contributed by atoms with Gasteiger partial charge >= 0.3 is 11.9 Å². The number of rotatable bonds is 33. The second-order valence-corrected chi connectivity index (χ2v) is 28.9. The number of aliphatic hydroxyl groups is 23. The zero-order chi connectivity index (χ0) is 86.3. The van der Waals surface area contributed by atoms with E-state index in [0.717, 1.165) is 34.6 Å². The third-order valence-electron chi connectivity index (χ3n) is 20.6. The Morgan fingerprint density at radius 1 is 0.353 bits per heavy atom. The Kier molecular flexibility index (Phi) is 34.1. The van der Waals surface area contributed by atoms with E-state index < -0.39 is 364 Å². The number of aliphatic carboxylic acids is 2. The van der Waals surface area contributed by atoms with Crippen molar-refractivity contribution < 1.29 is 232 Å². The first kappa shape index (κ1) is 96.2. The Hall–Kier alpha value is -5.23. The minimum atomic E-state index is -3.30. The van der Waals surface area contributed by atoms with Gasteiger partial charge in [-0.1, -0.05) is 0 Å². The summed E-state index contributed by atoms with van der Waals surface area (Å²) in [5.74, 6) is -15.5. The molecule has 8 aliphatic rings. The van der Waals surface area contributed by atoms with Gasteiger partial charge in [0.2, 0.25) is 29.5 Å². The fourth-order valence-corrected chi connectivity index (χ4v) is 14.8. The van der Waals surface area contributed by atoms with E-state index in [2.05, 4.69) is 26.6 Å². The molecule has 8 heterocycles. The number of amides is 5. The normalized spacial score (nSPS) is 44.6. The first-order chi connectivity index (χ1) is 54.5. The van der Waals surface area contributed by atoms with Crippen LogP contribution in [0.15, 0.2) is 0 Å². The van der Waals surface area contributed by atoms with Gasteiger partial charge in [0.25, 0.3) is 11.6 Å². The number of aliphatic hydroxyl groups excluding tert-OH is 23. The number of hydrogen-bond donors (Lipinski definition) is 30. The average molecular weight is 1700 g/mol. The summed E-state index contributed by atoms with van der Waals surface area (Å²) >= 11 is 0. The van der Waals surface area contributed by atoms with Crippen LogP contribution in [0.3, 0.4) is 0 Å². The number of ether oxygens (including phenoxy) is 15. The minimum absolute atomic E-state index is 0.859. The van der Waals surface area contributed by atoms with Crippen molar-refractivity contribution in [2.24, 2.45) is 0 Å². The Balaban J connectivity index is 1.07. The average Bonchev–Trinajstić information content (AvgIpc) is 0.743. The van der Waals surface area contributed by atoms with E-state index in [9.17, 15) is 161 Å². The van der Waals surface area contributed by atoms with E-state index >= 15 is 0 Å². The molecule has 0 aliphatic carbocycles. The zero-order valence-electron chi connectivity index (χ0n) is 62.3. The van der Waals surface area contributed by atoms with Gasteiger partial charge in [-0.25, -0.2) is 9.59 Å². The number of nitrogens with one attached hydrogen (secondary N) is 5. The highest BCUT2D eigenvalue weighted by molar-refractivity contribution is 5.78. The Bertz CT molecular complexity index is 3240. The van der Waals surface area contributed by atoms with Crippen LogP contribution in [0.25, 0.3) is 0 Å². The van der Waals surface area contributed by atoms with E-state index in [4.69, 9.17) is 71.1 Å². The third kappa shape index (κ3) is 21.3. The Labute approximate surface area is 655 Å². The SMILES string of the molecule is CC(=O)N[C@@H]1[C@H](O[C@H]2[C@@H](O)[C@@H](CO[C@@H]3O[C@H](CO)[C@@H](O[C@@H]4O[C@H](CO)[C@H](O)[C@H](O[C@]5(C(=O)O)C[C@H](O)[C@@H](NC(C)=O)[C@H]([C@H](O)[C@H](O)CO)O5)[C@H]4O)[C@H](O)[C@H]3NC(C)=O)O[C@@H](O[C@H]3[C@H](O)[C@@H](NC(C)=O)[C@H](O)O[C@@H]3CO)[C@@H]2O)O[C@H](CO)[C@@H](O[C@@H]2O[C@H](CO)[C@H](O)[C@H](O[C@]3(C(=O)O)C[C@H](O)[C@@H](NC(C)=O)[C@H]([C@H](O)[C@H](O)CO)O3)[C@H]2O)[C@@H]1O. The molecular weight excluding hydrogens is 1590 g/mol. The Morgan fingerprint density at radius 2 is 0.647 bits per heavy atom. The molecule has 8 aliphatic heterocycles. The molecule has 8 fully saturated rings. The van der Waals surface area contributed by atoms with E-state index in [1.165, 1.54) is 0 Å². The lowest BCUT2D eigenvalue weighted by atomic mass is 9.88. The maximum absolute atomic E-state index is 13.2. The van der Waals surface area contributed by atoms with Crippen LogP contribution in [0.4, 0.5) is 0 Å². The third-order valence-corrected chi connectivity index (χ3v) is 20.6. The molecule has 0 aromatic heterocycles. The molecule has 8 saturated heterocycles. The van der Waals surface area contributed by atoms with Gasteiger partial charge in [-0.15, -0.1) is 0 Å². The molecule has 0 aromatic carbocycles. The van der Waals surface area contributed by atoms with Crippen LogP contribution in [-0.4, -0.2) is 479 Å². The van der Waals surface area contributed by atoms with Crippen LogP contribution in [0.2, 0.25) is 0 Å². The highest BCUT2D eigenvalue weighted by Crippen LogP contribution is 2.43. The summed E-state index contributed by atoms with van der Waals surface area (Å²) < 4.78 is 87.7. The smallest absolute Gasteiger partial charge is 0.364 e. The van der Waals surface area contributed by atoms with Crippen molar-refractivity contribution in [2.45, 2.75) is 304 Å². The molecule has 42 atom stereocenters. The van der Waals surface area contributed by atoms with E-state index in [1.54, 1.807) is 0 Å². The van der Waals surface area contributed by atoms with E-state index in [0.29, 0.717) is 0 Å². The molecule has 30 N–H and O–H groups in total. The van der Waals surface area contributed by atoms with Gasteiger partial charge in [-0.2, -0.15) is 0 Å². The minimum Gasteiger partial charge on any atom is -0.477 e. The highest BCUT2D eigenvalue weighted by atomic mass is 16.8. The lowest BCUT2D eigenvalue weighted by Gasteiger charge is -2.51. The highest BCUT2D eigenvalue weighted by Gasteiger charge is 2.64. The summed E-state index contributed by atoms with van der Waals surface area (Å²) in [4.78, 5) is 89.3. The summed E-state index contributed by atoms with van der Waals surface area (Å²) in [6.45, 7) is -4.91. The summed E-state index contributed by atoms with van der Waals surface area (Å²) in [6, 6.07) is -9.30. The first-order valence-electron chi connectivity index (χ1n) is 36.4. The van der Waals surface area contributed by atoms with Crippen molar-refractivity contribution in [3.8, 4) is 0 Å². The molecule has 8 rings (SSSR count). The Morgan fingerprint density at radius 3 is 1.00 bits per heavy atom. The van der Waals surface area contributed by atoms with Crippen LogP contribution < -0.4 is 26.6 Å². The van der Waals surface area contributed by atoms with Gasteiger partial charge in [0.15, 0.2) is 37.7 Å². The molecule has 52 heteroatoms. The van der Waals surface area contributed by atoms with Crippen molar-refractivity contribution in [1.29, 1.82) is 0 Å². The van der Waals surface area contributed by atoms with Gasteiger partial charge < -0.3 is 225 Å². The van der Waals surface area contributed by atoms with Gasteiger partial charge in [-0.05, 0) is 0 Å². The molecule has 668 valence electrons. The van der Waals surface area contributed by atoms with Crippen molar-refractivity contribution >= 4 is 41.5 Å². The summed E-state index contributed by atoms with van der Waals surface area (Å²) in [6.07, 6.45) is -79.8. The number of hydrogen-bond acceptors (Lipinski definition) is 45. The van der Waals surface area contributed by atoms with Gasteiger partial charge in [0, 0.05) is 47.5 Å². The molecule has 0 unspecified atom stereocenters. The number of carbonyl (C=O) groups is 7. The standard InChI is InChI=1S/C64H105N5O47/c1-16(77)65-31-21(82)6-63(61(98)99,113-50(31)36(86)23(84)8-70)115-53-38(88)25(10-72)104-59(45(53)95)110-48-28(13-75)106-56(34(42(48)92)68-19(4)80)102-15-30-40(90)52(44(94)58(108-30)109-47-27(12-74)103-55(97)33(41(47)91)67-18(3)79)112-57-35(69-20(5)81)43(93)49(29(14-76)107-57)111-60-46(96)54(39(89)26(11-73)105-60)116-64(62(100)101)7-22(83)32(66-17(2)78)51(114-64)37(87)24(85)9-71/h21-60,70-76,82-97H,6-15H2,1-5H3,(H,65,77)(H,66,78)(H,67,79)(H,68,80)(H,69,81)(H,98,99)(H,100,101)/t21-,22-,23+,24+,25+,26+,27+,28+,29+,30+,31+,32+,33+,34+,35-,36+,37+,38-,39-,40-,41+,42+,43+,44+,45+,46+,47+,48+,49+,50+,51+,52-,53-,54-,55+,56+,57-,58-,59-,60-,63-,64-/m0/s1. The van der Waals surface area contributed by atoms with Crippen LogP contribution in [0.5, 0.6) is 0 Å². The lowest BCUT2D eigenvalue weighted by molar-refractivity contribution is -0.391. The van der Waals surface area contributed by atoms with Crippen LogP contribution >= 0.6 is 0 Å². The lowest BCUT2D eigenvalue weighted by Crippen LogP contribution is -2.71. The molecule has 0 bridgehead atoms. The predicted molar refractivity (Wildman–Crippen MR) is 357 cm³/mol. The van der Waals surface area contributed by atoms with E-state index in [1.807, 2.05) is 0 Å². The van der Waals surface area contributed by atoms with Crippen LogP contribution in [0.1, 0.15) is 47.5 Å². The van der Waals surface area contributed by atoms with Crippen molar-refractivity contribution in [1.82, 2.24) is 26.6 Å². The van der Waals surface area contributed by atoms with Crippen LogP contribution in [-0.2, 0) is 105 Å². The van der Waals surface area contributed by atoms with Crippen molar-refractivity contribution in [2.75, 3.05) is 52.9 Å². The molecule has 5 amide bonds. The summed E-state index contributed by atoms with van der Waals surface area (Å²) in [7, 11) is 0. The molecule has 52 nitrogen and oxygen atoms in total. The summed E-state index contributed by atoms with van der Waals surface area (Å²) in [5, 5.41) is 289. The predicted octanol–water partition coefficient (Wildman–Crippen LogP) is -19.3.